The van der Waals surface area contributed by atoms with Gasteiger partial charge in [0.2, 0.25) is 0 Å². The third-order valence-electron chi connectivity index (χ3n) is 2.42. The van der Waals surface area contributed by atoms with E-state index in [1.807, 2.05) is 0 Å². The van der Waals surface area contributed by atoms with Crippen LogP contribution in [0.15, 0.2) is 18.2 Å². The van der Waals surface area contributed by atoms with Crippen molar-refractivity contribution >= 4 is 69.6 Å². The van der Waals surface area contributed by atoms with E-state index in [-0.39, 0.29) is 30.9 Å². The molecule has 2 rings (SSSR count). The van der Waals surface area contributed by atoms with Gasteiger partial charge < -0.3 is 5.11 Å². The third kappa shape index (κ3) is 2.87. The number of phenolic OH excluding ortho intramolecular Hbond substituents is 1. The van der Waals surface area contributed by atoms with Gasteiger partial charge in [0.05, 0.1) is 20.1 Å². The highest BCUT2D eigenvalue weighted by Gasteiger charge is 2.18. The van der Waals surface area contributed by atoms with Crippen LogP contribution in [0.1, 0.15) is 0 Å². The van der Waals surface area contributed by atoms with Gasteiger partial charge in [-0.15, -0.1) is 0 Å². The number of halogens is 6. The molecule has 0 unspecified atom stereocenters. The van der Waals surface area contributed by atoms with Gasteiger partial charge in [-0.25, -0.2) is 0 Å². The van der Waals surface area contributed by atoms with Crippen molar-refractivity contribution in [2.24, 2.45) is 0 Å². The predicted octanol–water partition coefficient (Wildman–Crippen LogP) is 6.98. The number of benzene rings is 2. The summed E-state index contributed by atoms with van der Waals surface area (Å²) in [4.78, 5) is 0. The van der Waals surface area contributed by atoms with Crippen molar-refractivity contribution in [2.75, 3.05) is 0 Å². The van der Waals surface area contributed by atoms with Gasteiger partial charge in [-0.05, 0) is 18.2 Å². The van der Waals surface area contributed by atoms with Gasteiger partial charge in [0, 0.05) is 16.1 Å². The molecule has 1 nitrogen and oxygen atoms in total. The highest BCUT2D eigenvalue weighted by atomic mass is 35.5. The Bertz CT molecular complexity index is 668. The summed E-state index contributed by atoms with van der Waals surface area (Å²) < 4.78 is 0. The van der Waals surface area contributed by atoms with Crippen molar-refractivity contribution in [1.82, 2.24) is 0 Å². The van der Waals surface area contributed by atoms with Crippen molar-refractivity contribution in [3.8, 4) is 16.9 Å². The van der Waals surface area contributed by atoms with Crippen LogP contribution in [0.4, 0.5) is 0 Å². The van der Waals surface area contributed by atoms with Crippen LogP contribution in [-0.4, -0.2) is 5.11 Å². The summed E-state index contributed by atoms with van der Waals surface area (Å²) in [6.45, 7) is 0. The Morgan fingerprint density at radius 1 is 0.632 bits per heavy atom. The molecule has 0 aliphatic heterocycles. The fraction of sp³-hybridized carbons (Fsp3) is 0. The number of aromatic hydroxyl groups is 1. The van der Waals surface area contributed by atoms with Crippen LogP contribution in [0.2, 0.25) is 30.1 Å². The Labute approximate surface area is 139 Å². The lowest BCUT2D eigenvalue weighted by Gasteiger charge is -2.12. The third-order valence-corrected chi connectivity index (χ3v) is 4.58. The number of rotatable bonds is 1. The summed E-state index contributed by atoms with van der Waals surface area (Å²) in [6.07, 6.45) is 0. The van der Waals surface area contributed by atoms with Crippen molar-refractivity contribution in [3.05, 3.63) is 48.3 Å². The Kier molecular flexibility index (Phi) is 4.67. The van der Waals surface area contributed by atoms with Crippen molar-refractivity contribution in [2.45, 2.75) is 0 Å². The molecule has 2 aromatic rings. The molecule has 0 saturated carbocycles. The second-order valence-electron chi connectivity index (χ2n) is 3.63. The van der Waals surface area contributed by atoms with E-state index in [9.17, 15) is 5.11 Å². The van der Waals surface area contributed by atoms with E-state index in [4.69, 9.17) is 69.6 Å². The molecule has 0 aliphatic carbocycles. The van der Waals surface area contributed by atoms with Gasteiger partial charge >= 0.3 is 0 Å². The number of phenols is 1. The van der Waals surface area contributed by atoms with E-state index in [0.29, 0.717) is 16.1 Å². The first-order chi connectivity index (χ1) is 8.82. The average molecular weight is 377 g/mol. The second-order valence-corrected chi connectivity index (χ2v) is 6.02. The molecule has 19 heavy (non-hydrogen) atoms. The number of hydrogen-bond donors (Lipinski definition) is 1. The smallest absolute Gasteiger partial charge is 0.154 e. The summed E-state index contributed by atoms with van der Waals surface area (Å²) in [7, 11) is 0. The van der Waals surface area contributed by atoms with Crippen molar-refractivity contribution in [3.63, 3.8) is 0 Å². The molecule has 0 heterocycles. The fourth-order valence-corrected chi connectivity index (χ4v) is 2.94. The number of hydrogen-bond acceptors (Lipinski definition) is 1. The molecule has 0 aromatic heterocycles. The molecule has 0 atom stereocenters. The van der Waals surface area contributed by atoms with E-state index in [0.717, 1.165) is 0 Å². The molecule has 0 fully saturated rings. The minimum Gasteiger partial charge on any atom is -0.505 e. The normalized spacial score (nSPS) is 10.8. The van der Waals surface area contributed by atoms with E-state index >= 15 is 0 Å². The minimum atomic E-state index is -0.290. The molecular weight excluding hydrogens is 373 g/mol. The highest BCUT2D eigenvalue weighted by Crippen LogP contribution is 2.46. The largest absolute Gasteiger partial charge is 0.505 e. The van der Waals surface area contributed by atoms with E-state index < -0.39 is 0 Å². The second kappa shape index (κ2) is 5.77. The van der Waals surface area contributed by atoms with Gasteiger partial charge in [-0.3, -0.25) is 0 Å². The van der Waals surface area contributed by atoms with E-state index in [1.165, 1.54) is 12.1 Å². The Morgan fingerprint density at radius 2 is 1.21 bits per heavy atom. The van der Waals surface area contributed by atoms with Crippen molar-refractivity contribution in [1.29, 1.82) is 0 Å². The molecule has 0 bridgehead atoms. The zero-order valence-electron chi connectivity index (χ0n) is 8.95. The Balaban J connectivity index is 2.80. The maximum absolute atomic E-state index is 9.60. The molecule has 100 valence electrons. The lowest BCUT2D eigenvalue weighted by molar-refractivity contribution is 0.476. The molecule has 0 saturated heterocycles. The van der Waals surface area contributed by atoms with Gasteiger partial charge in [-0.1, -0.05) is 69.6 Å². The summed E-state index contributed by atoms with van der Waals surface area (Å²) in [5, 5.41) is 10.6. The van der Waals surface area contributed by atoms with E-state index in [2.05, 4.69) is 0 Å². The first-order valence-corrected chi connectivity index (χ1v) is 7.11. The van der Waals surface area contributed by atoms with Crippen LogP contribution in [0.3, 0.4) is 0 Å². The predicted molar refractivity (Wildman–Crippen MR) is 83.6 cm³/mol. The van der Waals surface area contributed by atoms with Gasteiger partial charge in [0.25, 0.3) is 0 Å². The summed E-state index contributed by atoms with van der Waals surface area (Å²) in [6, 6.07) is 4.53. The molecule has 0 aliphatic rings. The lowest BCUT2D eigenvalue weighted by atomic mass is 10.1. The summed E-state index contributed by atoms with van der Waals surface area (Å²) in [5.41, 5.74) is 0.914. The lowest BCUT2D eigenvalue weighted by Crippen LogP contribution is -1.86. The monoisotopic (exact) mass is 374 g/mol. The average Bonchev–Trinajstić information content (AvgIpc) is 2.36. The first-order valence-electron chi connectivity index (χ1n) is 4.84. The van der Waals surface area contributed by atoms with Crippen LogP contribution in [-0.2, 0) is 0 Å². The maximum Gasteiger partial charge on any atom is 0.154 e. The highest BCUT2D eigenvalue weighted by molar-refractivity contribution is 6.48. The molecule has 0 amide bonds. The standard InChI is InChI=1S/C12H4Cl6O/c13-4-1-5(9(16)7(14)2-4)6-3-8(15)12(19)11(18)10(6)17/h1-3,19H. The zero-order chi connectivity index (χ0) is 14.3. The minimum absolute atomic E-state index is 0.0524. The summed E-state index contributed by atoms with van der Waals surface area (Å²) in [5.74, 6) is -0.290. The van der Waals surface area contributed by atoms with Crippen LogP contribution in [0, 0.1) is 0 Å². The van der Waals surface area contributed by atoms with Crippen molar-refractivity contribution < 1.29 is 5.11 Å². The molecule has 7 heteroatoms. The maximum atomic E-state index is 9.60. The van der Waals surface area contributed by atoms with Crippen LogP contribution in [0.25, 0.3) is 11.1 Å². The SMILES string of the molecule is Oc1c(Cl)cc(-c2cc(Cl)cc(Cl)c2Cl)c(Cl)c1Cl. The van der Waals surface area contributed by atoms with Gasteiger partial charge in [0.1, 0.15) is 5.02 Å². The quantitative estimate of drug-likeness (QED) is 0.532. The molecular formula is C12H4Cl6O. The van der Waals surface area contributed by atoms with Gasteiger partial charge in [0.15, 0.2) is 5.75 Å². The van der Waals surface area contributed by atoms with Crippen LogP contribution >= 0.6 is 69.6 Å². The zero-order valence-corrected chi connectivity index (χ0v) is 13.5. The fourth-order valence-electron chi connectivity index (χ4n) is 1.53. The van der Waals surface area contributed by atoms with Gasteiger partial charge in [-0.2, -0.15) is 0 Å². The Morgan fingerprint density at radius 3 is 1.84 bits per heavy atom. The molecule has 0 spiro atoms. The summed E-state index contributed by atoms with van der Waals surface area (Å²) >= 11 is 35.9. The van der Waals surface area contributed by atoms with Crippen LogP contribution < -0.4 is 0 Å². The molecule has 0 radical (unpaired) electrons. The Hall–Kier alpha value is -0.0200. The van der Waals surface area contributed by atoms with Crippen LogP contribution in [0.5, 0.6) is 5.75 Å². The molecule has 2 aromatic carbocycles. The van der Waals surface area contributed by atoms with E-state index in [1.54, 1.807) is 6.07 Å². The molecule has 1 N–H and O–H groups in total. The topological polar surface area (TPSA) is 20.2 Å². The first kappa shape index (κ1) is 15.4.